The van der Waals surface area contributed by atoms with Crippen molar-refractivity contribution in [1.29, 1.82) is 0 Å². The molecule has 0 atom stereocenters. The minimum absolute atomic E-state index is 0.700. The van der Waals surface area contributed by atoms with Gasteiger partial charge in [0.05, 0.1) is 5.69 Å². The van der Waals surface area contributed by atoms with Crippen molar-refractivity contribution in [2.45, 2.75) is 148 Å². The Morgan fingerprint density at radius 1 is 0.594 bits per heavy atom. The molecule has 32 heavy (non-hydrogen) atoms. The maximum Gasteiger partial charge on any atom is 0.166 e. The fourth-order valence-electron chi connectivity index (χ4n) is 4.47. The molecule has 0 bridgehead atoms. The summed E-state index contributed by atoms with van der Waals surface area (Å²) in [5.41, 5.74) is 1.90. The molecule has 1 rings (SSSR count). The number of nitrogens with one attached hydrogen (secondary N) is 1. The van der Waals surface area contributed by atoms with E-state index in [-0.39, 0.29) is 0 Å². The average Bonchev–Trinajstić information content (AvgIpc) is 3.27. The van der Waals surface area contributed by atoms with E-state index in [0.29, 0.717) is 5.69 Å². The Kier molecular flexibility index (Phi) is 20.5. The number of aldehydes is 1. The minimum Gasteiger partial charge on any atom is -0.356 e. The Labute approximate surface area is 200 Å². The zero-order valence-corrected chi connectivity index (χ0v) is 21.4. The second kappa shape index (κ2) is 22.9. The summed E-state index contributed by atoms with van der Waals surface area (Å²) in [4.78, 5) is 13.8. The molecule has 0 amide bonds. The molecule has 0 saturated heterocycles. The summed E-state index contributed by atoms with van der Waals surface area (Å²) in [6.45, 7) is 2.29. The van der Waals surface area contributed by atoms with E-state index in [1.165, 1.54) is 141 Å². The summed E-state index contributed by atoms with van der Waals surface area (Å²) < 4.78 is 0. The maximum atomic E-state index is 10.7. The van der Waals surface area contributed by atoms with Crippen LogP contribution in [0.2, 0.25) is 0 Å². The Morgan fingerprint density at radius 2 is 1.03 bits per heavy atom. The molecule has 1 heterocycles. The van der Waals surface area contributed by atoms with Gasteiger partial charge in [0, 0.05) is 5.69 Å². The summed E-state index contributed by atoms with van der Waals surface area (Å²) in [7, 11) is 0. The first-order valence-corrected chi connectivity index (χ1v) is 14.1. The molecule has 0 fully saturated rings. The summed E-state index contributed by atoms with van der Waals surface area (Å²) >= 11 is 0. The van der Waals surface area contributed by atoms with Gasteiger partial charge in [0.15, 0.2) is 6.29 Å². The Morgan fingerprint density at radius 3 is 1.47 bits per heavy atom. The number of aromatic nitrogens is 1. The maximum absolute atomic E-state index is 10.7. The fraction of sp³-hybridized carbons (Fsp3) is 0.767. The molecule has 0 aromatic carbocycles. The van der Waals surface area contributed by atoms with E-state index in [2.05, 4.69) is 24.1 Å². The second-order valence-electron chi connectivity index (χ2n) is 9.72. The molecule has 1 aromatic heterocycles. The minimum atomic E-state index is 0.700. The largest absolute Gasteiger partial charge is 0.356 e. The lowest BCUT2D eigenvalue weighted by Crippen LogP contribution is -1.88. The van der Waals surface area contributed by atoms with Crippen molar-refractivity contribution in [3.05, 3.63) is 35.7 Å². The first-order valence-electron chi connectivity index (χ1n) is 14.1. The van der Waals surface area contributed by atoms with E-state index in [1.54, 1.807) is 0 Å². The number of aromatic amines is 1. The van der Waals surface area contributed by atoms with Gasteiger partial charge in [-0.3, -0.25) is 4.79 Å². The van der Waals surface area contributed by atoms with E-state index >= 15 is 0 Å². The summed E-state index contributed by atoms with van der Waals surface area (Å²) in [5, 5.41) is 0. The van der Waals surface area contributed by atoms with E-state index in [0.717, 1.165) is 12.7 Å². The van der Waals surface area contributed by atoms with Crippen LogP contribution in [-0.4, -0.2) is 11.3 Å². The standard InChI is InChI=1S/C30H53NO/c1-2-3-4-5-6-7-8-9-10-11-12-13-14-15-16-17-18-19-20-21-22-23-24-25-29-26-27-30(28-32)31-29/h10-11,26-28,31H,2-9,12-25H2,1H3/b11-10-. The highest BCUT2D eigenvalue weighted by Gasteiger charge is 1.98. The van der Waals surface area contributed by atoms with Gasteiger partial charge in [-0.25, -0.2) is 0 Å². The first-order chi connectivity index (χ1) is 15.9. The average molecular weight is 444 g/mol. The first kappa shape index (κ1) is 28.7. The van der Waals surface area contributed by atoms with Gasteiger partial charge in [0.1, 0.15) is 0 Å². The van der Waals surface area contributed by atoms with E-state index in [9.17, 15) is 4.79 Å². The van der Waals surface area contributed by atoms with Crippen molar-refractivity contribution in [2.75, 3.05) is 0 Å². The SMILES string of the molecule is CCCCCCCCC/C=C\CCCCCCCCCCCCCCc1ccc(C=O)[nH]1. The van der Waals surface area contributed by atoms with E-state index in [4.69, 9.17) is 0 Å². The molecule has 1 N–H and O–H groups in total. The summed E-state index contributed by atoms with van der Waals surface area (Å²) in [6.07, 6.45) is 35.9. The van der Waals surface area contributed by atoms with Crippen molar-refractivity contribution in [1.82, 2.24) is 4.98 Å². The molecule has 184 valence electrons. The van der Waals surface area contributed by atoms with Crippen molar-refractivity contribution in [3.8, 4) is 0 Å². The van der Waals surface area contributed by atoms with Gasteiger partial charge >= 0.3 is 0 Å². The smallest absolute Gasteiger partial charge is 0.166 e. The van der Waals surface area contributed by atoms with Gasteiger partial charge in [-0.1, -0.05) is 122 Å². The molecule has 1 aromatic rings. The third-order valence-electron chi connectivity index (χ3n) is 6.60. The quantitative estimate of drug-likeness (QED) is 0.0961. The number of carbonyl (C=O) groups excluding carboxylic acids is 1. The normalized spacial score (nSPS) is 11.5. The predicted molar refractivity (Wildman–Crippen MR) is 142 cm³/mol. The van der Waals surface area contributed by atoms with Crippen LogP contribution in [0.15, 0.2) is 24.3 Å². The molecule has 2 heteroatoms. The van der Waals surface area contributed by atoms with Crippen molar-refractivity contribution < 1.29 is 4.79 Å². The molecule has 2 nitrogen and oxygen atoms in total. The molecule has 0 saturated carbocycles. The number of allylic oxidation sites excluding steroid dienone is 2. The van der Waals surface area contributed by atoms with Gasteiger partial charge in [-0.2, -0.15) is 0 Å². The lowest BCUT2D eigenvalue weighted by Gasteiger charge is -2.03. The molecule has 0 spiro atoms. The predicted octanol–water partition coefficient (Wildman–Crippen LogP) is 10.1. The zero-order valence-electron chi connectivity index (χ0n) is 21.4. The van der Waals surface area contributed by atoms with Crippen LogP contribution in [0.1, 0.15) is 158 Å². The van der Waals surface area contributed by atoms with Gasteiger partial charge in [0.2, 0.25) is 0 Å². The van der Waals surface area contributed by atoms with Crippen molar-refractivity contribution >= 4 is 6.29 Å². The van der Waals surface area contributed by atoms with Crippen LogP contribution in [-0.2, 0) is 6.42 Å². The highest BCUT2D eigenvalue weighted by Crippen LogP contribution is 2.14. The van der Waals surface area contributed by atoms with Gasteiger partial charge in [-0.15, -0.1) is 0 Å². The van der Waals surface area contributed by atoms with Gasteiger partial charge < -0.3 is 4.98 Å². The lowest BCUT2D eigenvalue weighted by molar-refractivity contribution is 0.111. The number of hydrogen-bond acceptors (Lipinski definition) is 1. The van der Waals surface area contributed by atoms with Gasteiger partial charge in [0.25, 0.3) is 0 Å². The fourth-order valence-corrected chi connectivity index (χ4v) is 4.47. The van der Waals surface area contributed by atoms with E-state index in [1.807, 2.05) is 12.1 Å². The number of carbonyl (C=O) groups is 1. The van der Waals surface area contributed by atoms with Crippen LogP contribution in [0, 0.1) is 0 Å². The third kappa shape index (κ3) is 18.3. The lowest BCUT2D eigenvalue weighted by atomic mass is 10.0. The van der Waals surface area contributed by atoms with Crippen LogP contribution in [0.25, 0.3) is 0 Å². The molecular weight excluding hydrogens is 390 g/mol. The topological polar surface area (TPSA) is 32.9 Å². The highest BCUT2D eigenvalue weighted by molar-refractivity contribution is 5.71. The molecule has 0 aliphatic carbocycles. The van der Waals surface area contributed by atoms with Crippen LogP contribution < -0.4 is 0 Å². The monoisotopic (exact) mass is 443 g/mol. The molecular formula is C30H53NO. The number of aryl methyl sites for hydroxylation is 1. The van der Waals surface area contributed by atoms with Crippen LogP contribution >= 0.6 is 0 Å². The van der Waals surface area contributed by atoms with Crippen LogP contribution in [0.3, 0.4) is 0 Å². The number of rotatable bonds is 24. The number of unbranched alkanes of at least 4 members (excludes halogenated alkanes) is 19. The van der Waals surface area contributed by atoms with Crippen LogP contribution in [0.4, 0.5) is 0 Å². The van der Waals surface area contributed by atoms with Crippen LogP contribution in [0.5, 0.6) is 0 Å². The molecule has 0 unspecified atom stereocenters. The second-order valence-corrected chi connectivity index (χ2v) is 9.72. The van der Waals surface area contributed by atoms with Crippen molar-refractivity contribution in [3.63, 3.8) is 0 Å². The van der Waals surface area contributed by atoms with E-state index < -0.39 is 0 Å². The molecule has 0 radical (unpaired) electrons. The number of hydrogen-bond donors (Lipinski definition) is 1. The Balaban J connectivity index is 1.71. The summed E-state index contributed by atoms with van der Waals surface area (Å²) in [5.74, 6) is 0. The van der Waals surface area contributed by atoms with Gasteiger partial charge in [-0.05, 0) is 50.7 Å². The van der Waals surface area contributed by atoms with Crippen molar-refractivity contribution in [2.24, 2.45) is 0 Å². The highest BCUT2D eigenvalue weighted by atomic mass is 16.1. The third-order valence-corrected chi connectivity index (χ3v) is 6.60. The zero-order chi connectivity index (χ0) is 23.0. The summed E-state index contributed by atoms with van der Waals surface area (Å²) in [6, 6.07) is 3.91. The molecule has 0 aliphatic heterocycles. The Bertz CT molecular complexity index is 545. The number of H-pyrrole nitrogens is 1. The Hall–Kier alpha value is -1.31. The molecule has 0 aliphatic rings.